The van der Waals surface area contributed by atoms with Crippen molar-refractivity contribution in [3.8, 4) is 0 Å². The molecule has 0 bridgehead atoms. The van der Waals surface area contributed by atoms with Crippen molar-refractivity contribution in [2.24, 2.45) is 0 Å². The summed E-state index contributed by atoms with van der Waals surface area (Å²) < 4.78 is 6.34. The maximum absolute atomic E-state index is 12.6. The molecule has 1 fully saturated rings. The van der Waals surface area contributed by atoms with E-state index < -0.39 is 41.2 Å². The molecule has 2 aliphatic heterocycles. The number of aromatic nitrogens is 2. The van der Waals surface area contributed by atoms with Crippen LogP contribution in [-0.2, 0) is 23.9 Å². The summed E-state index contributed by atoms with van der Waals surface area (Å²) in [5, 5.41) is 16.1. The third-order valence-electron chi connectivity index (χ3n) is 4.73. The van der Waals surface area contributed by atoms with Gasteiger partial charge in [0.2, 0.25) is 5.91 Å². The summed E-state index contributed by atoms with van der Waals surface area (Å²) in [6, 6.07) is -1.56. The van der Waals surface area contributed by atoms with E-state index in [1.54, 1.807) is 13.8 Å². The Bertz CT molecular complexity index is 929. The molecule has 2 N–H and O–H groups in total. The van der Waals surface area contributed by atoms with Crippen LogP contribution in [0, 0.1) is 6.92 Å². The number of carbonyl (C=O) groups excluding carboxylic acids is 3. The lowest BCUT2D eigenvalue weighted by Gasteiger charge is -2.49. The minimum Gasteiger partial charge on any atom is -0.477 e. The molecule has 1 aromatic rings. The van der Waals surface area contributed by atoms with Gasteiger partial charge in [-0.15, -0.1) is 11.8 Å². The predicted octanol–water partition coefficient (Wildman–Crippen LogP) is 0.708. The molecule has 29 heavy (non-hydrogen) atoms. The van der Waals surface area contributed by atoms with Gasteiger partial charge in [-0.3, -0.25) is 24.0 Å². The molecule has 3 atom stereocenters. The zero-order valence-corrected chi connectivity index (χ0v) is 17.4. The quantitative estimate of drug-likeness (QED) is 0.486. The number of rotatable bonds is 6. The van der Waals surface area contributed by atoms with Crippen LogP contribution in [0.25, 0.3) is 0 Å². The van der Waals surface area contributed by atoms with Gasteiger partial charge in [-0.05, 0) is 13.8 Å². The number of halogens is 1. The van der Waals surface area contributed by atoms with E-state index in [1.807, 2.05) is 0 Å². The lowest BCUT2D eigenvalue weighted by molar-refractivity contribution is -0.151. The van der Waals surface area contributed by atoms with Crippen LogP contribution in [0.1, 0.15) is 25.6 Å². The third-order valence-corrected chi connectivity index (χ3v) is 6.44. The molecule has 0 aromatic carbocycles. The summed E-state index contributed by atoms with van der Waals surface area (Å²) in [4.78, 5) is 49.1. The lowest BCUT2D eigenvalue weighted by Crippen LogP contribution is -2.71. The predicted molar refractivity (Wildman–Crippen MR) is 103 cm³/mol. The number of carboxylic acid groups (broad SMARTS) is 1. The van der Waals surface area contributed by atoms with Crippen LogP contribution >= 0.6 is 23.4 Å². The number of aliphatic carboxylic acids is 1. The van der Waals surface area contributed by atoms with Gasteiger partial charge in [0, 0.05) is 18.2 Å². The van der Waals surface area contributed by atoms with Crippen LogP contribution in [0.4, 0.5) is 0 Å². The van der Waals surface area contributed by atoms with Gasteiger partial charge in [-0.1, -0.05) is 11.6 Å². The molecular weight excluding hydrogens is 424 g/mol. The fourth-order valence-corrected chi connectivity index (χ4v) is 4.62. The maximum Gasteiger partial charge on any atom is 0.352 e. The number of fused-ring (bicyclic) bond motifs is 1. The Morgan fingerprint density at radius 3 is 2.72 bits per heavy atom. The molecule has 0 aliphatic carbocycles. The number of nitrogens with one attached hydrogen (secondary N) is 1. The Morgan fingerprint density at radius 1 is 1.48 bits per heavy atom. The van der Waals surface area contributed by atoms with Gasteiger partial charge < -0.3 is 15.2 Å². The number of hydrogen-bond acceptors (Lipinski definition) is 7. The Kier molecular flexibility index (Phi) is 5.90. The third kappa shape index (κ3) is 3.84. The van der Waals surface area contributed by atoms with E-state index in [0.717, 1.165) is 4.90 Å². The van der Waals surface area contributed by atoms with E-state index in [-0.39, 0.29) is 18.1 Å². The van der Waals surface area contributed by atoms with Crippen molar-refractivity contribution in [1.82, 2.24) is 20.0 Å². The Morgan fingerprint density at radius 2 is 2.17 bits per heavy atom. The van der Waals surface area contributed by atoms with Crippen molar-refractivity contribution in [2.75, 3.05) is 12.4 Å². The highest BCUT2D eigenvalue weighted by Gasteiger charge is 2.54. The van der Waals surface area contributed by atoms with Crippen LogP contribution in [0.15, 0.2) is 17.5 Å². The Hall–Kier alpha value is -2.53. The fourth-order valence-electron chi connectivity index (χ4n) is 3.16. The average molecular weight is 443 g/mol. The number of thioether (sulfide) groups is 1. The van der Waals surface area contributed by atoms with Crippen molar-refractivity contribution < 1.29 is 29.0 Å². The Labute approximate surface area is 175 Å². The van der Waals surface area contributed by atoms with Gasteiger partial charge in [0.15, 0.2) is 0 Å². The van der Waals surface area contributed by atoms with Crippen LogP contribution in [0.2, 0.25) is 5.02 Å². The second kappa shape index (κ2) is 8.07. The topological polar surface area (TPSA) is 131 Å². The summed E-state index contributed by atoms with van der Waals surface area (Å²) in [5.41, 5.74) is 0.754. The molecule has 0 saturated carbocycles. The molecule has 3 rings (SSSR count). The molecular formula is C17H19ClN4O6S. The second-order valence-electron chi connectivity index (χ2n) is 6.63. The standard InChI is InChI=1S/C17H19ClN4O6S/c1-7-11(18)4-19-22(7)8(2)14(24)20-12-15(25)21-13(17(26)27)10(5-28-9(3)23)6-29-16(12)21/h4,8,12,16H,5-6H2,1-3H3,(H,20,24)(H,26,27)/t8-,12+,16-/m1/s1. The highest BCUT2D eigenvalue weighted by atomic mass is 35.5. The Balaban J connectivity index is 1.73. The van der Waals surface area contributed by atoms with E-state index in [9.17, 15) is 24.3 Å². The van der Waals surface area contributed by atoms with Gasteiger partial charge in [0.05, 0.1) is 16.9 Å². The first-order valence-corrected chi connectivity index (χ1v) is 10.1. The summed E-state index contributed by atoms with van der Waals surface area (Å²) in [5.74, 6) is -2.53. The first kappa shape index (κ1) is 21.2. The van der Waals surface area contributed by atoms with E-state index in [4.69, 9.17) is 16.3 Å². The molecule has 1 aromatic heterocycles. The van der Waals surface area contributed by atoms with Gasteiger partial charge >= 0.3 is 11.9 Å². The zero-order chi connectivity index (χ0) is 21.5. The smallest absolute Gasteiger partial charge is 0.352 e. The molecule has 0 radical (unpaired) electrons. The second-order valence-corrected chi connectivity index (χ2v) is 8.14. The molecule has 0 spiro atoms. The molecule has 10 nitrogen and oxygen atoms in total. The number of nitrogens with zero attached hydrogens (tertiary/aromatic N) is 3. The summed E-state index contributed by atoms with van der Waals surface area (Å²) in [6.07, 6.45) is 1.43. The number of hydrogen-bond donors (Lipinski definition) is 2. The van der Waals surface area contributed by atoms with Crippen LogP contribution in [-0.4, -0.2) is 67.3 Å². The first-order valence-electron chi connectivity index (χ1n) is 8.66. The molecule has 3 heterocycles. The summed E-state index contributed by atoms with van der Waals surface area (Å²) in [7, 11) is 0. The average Bonchev–Trinajstić information content (AvgIpc) is 3.01. The maximum atomic E-state index is 12.6. The minimum absolute atomic E-state index is 0.201. The molecule has 156 valence electrons. The lowest BCUT2D eigenvalue weighted by atomic mass is 10.0. The number of carboxylic acids is 1. The fraction of sp³-hybridized carbons (Fsp3) is 0.471. The van der Waals surface area contributed by atoms with Crippen LogP contribution < -0.4 is 5.32 Å². The van der Waals surface area contributed by atoms with E-state index in [2.05, 4.69) is 10.4 Å². The summed E-state index contributed by atoms with van der Waals surface area (Å²) >= 11 is 7.27. The highest BCUT2D eigenvalue weighted by Crippen LogP contribution is 2.40. The highest BCUT2D eigenvalue weighted by molar-refractivity contribution is 8.00. The number of β-lactam (4-membered cyclic amide) rings is 1. The van der Waals surface area contributed by atoms with E-state index in [0.29, 0.717) is 16.3 Å². The van der Waals surface area contributed by atoms with E-state index in [1.165, 1.54) is 29.6 Å². The first-order chi connectivity index (χ1) is 13.6. The molecule has 12 heteroatoms. The molecule has 1 saturated heterocycles. The largest absolute Gasteiger partial charge is 0.477 e. The van der Waals surface area contributed by atoms with Gasteiger partial charge in [0.1, 0.15) is 29.8 Å². The van der Waals surface area contributed by atoms with Gasteiger partial charge in [-0.25, -0.2) is 4.79 Å². The van der Waals surface area contributed by atoms with Crippen LogP contribution in [0.3, 0.4) is 0 Å². The minimum atomic E-state index is -1.29. The SMILES string of the molecule is CC(=O)OCC1=C(C(=O)O)N2C(=O)[C@H](NC(=O)[C@@H](C)n3ncc(Cl)c3C)[C@H]2SC1. The molecule has 0 unspecified atom stereocenters. The monoisotopic (exact) mass is 442 g/mol. The van der Waals surface area contributed by atoms with Crippen molar-refractivity contribution in [2.45, 2.75) is 38.2 Å². The van der Waals surface area contributed by atoms with Crippen molar-refractivity contribution >= 4 is 47.1 Å². The number of amides is 2. The van der Waals surface area contributed by atoms with Crippen LogP contribution in [0.5, 0.6) is 0 Å². The van der Waals surface area contributed by atoms with Crippen molar-refractivity contribution in [3.63, 3.8) is 0 Å². The summed E-state index contributed by atoms with van der Waals surface area (Å²) in [6.45, 7) is 4.37. The number of esters is 1. The normalized spacial score (nSPS) is 21.9. The number of ether oxygens (including phenoxy) is 1. The van der Waals surface area contributed by atoms with E-state index >= 15 is 0 Å². The van der Waals surface area contributed by atoms with Crippen molar-refractivity contribution in [3.05, 3.63) is 28.2 Å². The van der Waals surface area contributed by atoms with Gasteiger partial charge in [-0.2, -0.15) is 5.10 Å². The van der Waals surface area contributed by atoms with Crippen molar-refractivity contribution in [1.29, 1.82) is 0 Å². The molecule has 2 aliphatic rings. The van der Waals surface area contributed by atoms with Gasteiger partial charge in [0.25, 0.3) is 5.91 Å². The number of carbonyl (C=O) groups is 4. The zero-order valence-electron chi connectivity index (χ0n) is 15.8. The molecule has 2 amide bonds.